The van der Waals surface area contributed by atoms with E-state index < -0.39 is 0 Å². The van der Waals surface area contributed by atoms with Gasteiger partial charge in [0.25, 0.3) is 5.91 Å². The first-order valence-electron chi connectivity index (χ1n) is 13.5. The largest absolute Gasteiger partial charge is 0.508 e. The van der Waals surface area contributed by atoms with Gasteiger partial charge in [-0.25, -0.2) is 0 Å². The highest BCUT2D eigenvalue weighted by Crippen LogP contribution is 2.29. The molecule has 1 N–H and O–H groups in total. The van der Waals surface area contributed by atoms with E-state index in [2.05, 4.69) is 67.4 Å². The number of aliphatic hydroxyl groups is 1. The van der Waals surface area contributed by atoms with Crippen molar-refractivity contribution in [3.63, 3.8) is 0 Å². The quantitative estimate of drug-likeness (QED) is 0.274. The summed E-state index contributed by atoms with van der Waals surface area (Å²) in [6.45, 7) is 10.3. The molecule has 5 nitrogen and oxygen atoms in total. The summed E-state index contributed by atoms with van der Waals surface area (Å²) in [5.41, 5.74) is 6.11. The molecule has 196 valence electrons. The van der Waals surface area contributed by atoms with Gasteiger partial charge in [-0.1, -0.05) is 50.8 Å². The Morgan fingerprint density at radius 1 is 1.05 bits per heavy atom. The van der Waals surface area contributed by atoms with Crippen LogP contribution in [0, 0.1) is 0 Å². The Kier molecular flexibility index (Phi) is 7.39. The zero-order valence-corrected chi connectivity index (χ0v) is 22.6. The molecule has 1 unspecified atom stereocenters. The summed E-state index contributed by atoms with van der Waals surface area (Å²) in [6, 6.07) is 24.7. The number of carbonyl (C=O) groups is 1. The first kappa shape index (κ1) is 25.8. The van der Waals surface area contributed by atoms with Crippen LogP contribution in [0.2, 0.25) is 0 Å². The first-order valence-corrected chi connectivity index (χ1v) is 13.5. The van der Waals surface area contributed by atoms with E-state index in [-0.39, 0.29) is 17.7 Å². The molecular weight excluding hydrogens is 470 g/mol. The lowest BCUT2D eigenvalue weighted by atomic mass is 10.00. The van der Waals surface area contributed by atoms with Gasteiger partial charge in [-0.05, 0) is 79.4 Å². The van der Waals surface area contributed by atoms with Gasteiger partial charge < -0.3 is 14.6 Å². The fourth-order valence-electron chi connectivity index (χ4n) is 5.50. The molecule has 0 saturated carbocycles. The Balaban J connectivity index is 1.37. The van der Waals surface area contributed by atoms with Gasteiger partial charge in [0.05, 0.1) is 5.52 Å². The summed E-state index contributed by atoms with van der Waals surface area (Å²) in [5.74, 6) is 0.637. The van der Waals surface area contributed by atoms with Crippen molar-refractivity contribution in [1.29, 1.82) is 0 Å². The lowest BCUT2D eigenvalue weighted by molar-refractivity contribution is 0.0602. The molecule has 1 aromatic heterocycles. The highest BCUT2D eigenvalue weighted by Gasteiger charge is 2.27. The van der Waals surface area contributed by atoms with Gasteiger partial charge in [0.2, 0.25) is 0 Å². The van der Waals surface area contributed by atoms with E-state index in [1.807, 2.05) is 53.4 Å². The summed E-state index contributed by atoms with van der Waals surface area (Å²) in [6.07, 6.45) is 4.25. The number of aliphatic hydroxyl groups excluding tert-OH is 1. The third kappa shape index (κ3) is 5.25. The molecule has 2 heterocycles. The number of carbonyl (C=O) groups excluding carboxylic acids is 1. The molecule has 1 atom stereocenters. The van der Waals surface area contributed by atoms with Gasteiger partial charge in [-0.15, -0.1) is 0 Å². The van der Waals surface area contributed by atoms with Crippen LogP contribution in [0.5, 0.6) is 0 Å². The average molecular weight is 508 g/mol. The van der Waals surface area contributed by atoms with Crippen LogP contribution >= 0.6 is 0 Å². The van der Waals surface area contributed by atoms with E-state index in [9.17, 15) is 9.90 Å². The maximum absolute atomic E-state index is 13.3. The minimum absolute atomic E-state index is 0.0709. The molecular formula is C33H37N3O2. The number of fused-ring (bicyclic) bond motifs is 1. The molecule has 3 aromatic carbocycles. The molecule has 5 heteroatoms. The minimum Gasteiger partial charge on any atom is -0.508 e. The van der Waals surface area contributed by atoms with Crippen molar-refractivity contribution in [3.8, 4) is 5.69 Å². The van der Waals surface area contributed by atoms with E-state index in [0.717, 1.165) is 60.2 Å². The molecule has 0 aliphatic carbocycles. The first-order chi connectivity index (χ1) is 18.3. The fourth-order valence-corrected chi connectivity index (χ4v) is 5.50. The van der Waals surface area contributed by atoms with Gasteiger partial charge in [0.15, 0.2) is 0 Å². The maximum atomic E-state index is 13.3. The Hall–Kier alpha value is -3.83. The van der Waals surface area contributed by atoms with Crippen molar-refractivity contribution < 1.29 is 9.90 Å². The summed E-state index contributed by atoms with van der Waals surface area (Å²) in [5, 5.41) is 11.2. The van der Waals surface area contributed by atoms with Crippen LogP contribution in [0.1, 0.15) is 59.7 Å². The summed E-state index contributed by atoms with van der Waals surface area (Å²) >= 11 is 0. The number of hydrogen-bond acceptors (Lipinski definition) is 3. The zero-order chi connectivity index (χ0) is 26.8. The Morgan fingerprint density at radius 2 is 1.76 bits per heavy atom. The van der Waals surface area contributed by atoms with Gasteiger partial charge in [-0.2, -0.15) is 0 Å². The number of nitrogens with zero attached hydrogens (tertiary/aromatic N) is 3. The standard InChI is InChI=1S/C33H37N3O2/c1-23(2)25-12-14-26(15-13-25)33(38)35-18-8-11-30(22-35)34(4)20-28-21-36(29-9-6-5-7-10-29)32-17-16-27(24(3)37)19-31(28)32/h5-7,9-10,12-17,19,21,23,30,37H,3,8,11,18,20,22H2,1-2,4H3. The predicted octanol–water partition coefficient (Wildman–Crippen LogP) is 7.02. The third-order valence-electron chi connectivity index (χ3n) is 7.81. The monoisotopic (exact) mass is 507 g/mol. The Morgan fingerprint density at radius 3 is 2.45 bits per heavy atom. The van der Waals surface area contributed by atoms with Crippen molar-refractivity contribution in [3.05, 3.63) is 108 Å². The predicted molar refractivity (Wildman–Crippen MR) is 156 cm³/mol. The van der Waals surface area contributed by atoms with Crippen molar-refractivity contribution in [2.75, 3.05) is 20.1 Å². The third-order valence-corrected chi connectivity index (χ3v) is 7.81. The van der Waals surface area contributed by atoms with Crippen molar-refractivity contribution in [1.82, 2.24) is 14.4 Å². The second-order valence-corrected chi connectivity index (χ2v) is 10.8. The van der Waals surface area contributed by atoms with Crippen molar-refractivity contribution >= 4 is 22.6 Å². The van der Waals surface area contributed by atoms with Crippen molar-refractivity contribution in [2.24, 2.45) is 0 Å². The molecule has 1 amide bonds. The smallest absolute Gasteiger partial charge is 0.253 e. The number of likely N-dealkylation sites (tertiary alicyclic amines) is 1. The highest BCUT2D eigenvalue weighted by atomic mass is 16.3. The molecule has 1 aliphatic rings. The number of benzene rings is 3. The second kappa shape index (κ2) is 10.9. The SMILES string of the molecule is C=C(O)c1ccc2c(c1)c(CN(C)C1CCCN(C(=O)c3ccc(C(C)C)cc3)C1)cn2-c1ccccc1. The Labute approximate surface area is 225 Å². The van der Waals surface area contributed by atoms with Crippen LogP contribution in [0.15, 0.2) is 85.6 Å². The fraction of sp³-hybridized carbons (Fsp3) is 0.303. The Bertz CT molecular complexity index is 1440. The van der Waals surface area contributed by atoms with E-state index in [0.29, 0.717) is 5.92 Å². The number of piperidine rings is 1. The lowest BCUT2D eigenvalue weighted by Gasteiger charge is -2.37. The van der Waals surface area contributed by atoms with Crippen LogP contribution in [0.3, 0.4) is 0 Å². The highest BCUT2D eigenvalue weighted by molar-refractivity contribution is 5.94. The van der Waals surface area contributed by atoms with E-state index in [4.69, 9.17) is 0 Å². The number of aromatic nitrogens is 1. The molecule has 4 aromatic rings. The van der Waals surface area contributed by atoms with Gasteiger partial charge >= 0.3 is 0 Å². The van der Waals surface area contributed by atoms with Crippen LogP contribution in [0.25, 0.3) is 22.3 Å². The maximum Gasteiger partial charge on any atom is 0.253 e. The minimum atomic E-state index is 0.0709. The summed E-state index contributed by atoms with van der Waals surface area (Å²) < 4.78 is 2.21. The number of amides is 1. The lowest BCUT2D eigenvalue weighted by Crippen LogP contribution is -2.48. The molecule has 1 saturated heterocycles. The molecule has 0 bridgehead atoms. The molecule has 0 radical (unpaired) electrons. The number of para-hydroxylation sites is 1. The van der Waals surface area contributed by atoms with E-state index in [1.54, 1.807) is 0 Å². The summed E-state index contributed by atoms with van der Waals surface area (Å²) in [7, 11) is 2.15. The molecule has 0 spiro atoms. The number of rotatable bonds is 7. The molecule has 38 heavy (non-hydrogen) atoms. The van der Waals surface area contributed by atoms with Crippen LogP contribution < -0.4 is 0 Å². The van der Waals surface area contributed by atoms with E-state index >= 15 is 0 Å². The molecule has 5 rings (SSSR count). The van der Waals surface area contributed by atoms with Crippen LogP contribution in [-0.2, 0) is 6.54 Å². The van der Waals surface area contributed by atoms with Crippen LogP contribution in [0.4, 0.5) is 0 Å². The van der Waals surface area contributed by atoms with Gasteiger partial charge in [-0.3, -0.25) is 9.69 Å². The van der Waals surface area contributed by atoms with Crippen LogP contribution in [-0.4, -0.2) is 51.6 Å². The summed E-state index contributed by atoms with van der Waals surface area (Å²) in [4.78, 5) is 17.7. The molecule has 1 fully saturated rings. The topological polar surface area (TPSA) is 48.7 Å². The number of likely N-dealkylation sites (N-methyl/N-ethyl adjacent to an activating group) is 1. The second-order valence-electron chi connectivity index (χ2n) is 10.8. The normalized spacial score (nSPS) is 15.9. The average Bonchev–Trinajstić information content (AvgIpc) is 3.30. The van der Waals surface area contributed by atoms with Crippen molar-refractivity contribution in [2.45, 2.75) is 45.2 Å². The molecule has 1 aliphatic heterocycles. The van der Waals surface area contributed by atoms with Gasteiger partial charge in [0.1, 0.15) is 5.76 Å². The van der Waals surface area contributed by atoms with Gasteiger partial charge in [0, 0.05) is 54.1 Å². The zero-order valence-electron chi connectivity index (χ0n) is 22.6. The van der Waals surface area contributed by atoms with E-state index in [1.165, 1.54) is 11.1 Å². The number of hydrogen-bond donors (Lipinski definition) is 1.